The highest BCUT2D eigenvalue weighted by molar-refractivity contribution is 5.94. The fourth-order valence-corrected chi connectivity index (χ4v) is 2.90. The van der Waals surface area contributed by atoms with Crippen LogP contribution in [-0.4, -0.2) is 43.5 Å². The maximum absolute atomic E-state index is 12.2. The Bertz CT molecular complexity index is 1020. The zero-order chi connectivity index (χ0) is 27.2. The smallest absolute Gasteiger partial charge is 0.338 e. The molecule has 0 radical (unpaired) electrons. The largest absolute Gasteiger partial charge is 0.462 e. The van der Waals surface area contributed by atoms with Gasteiger partial charge in [0.15, 0.2) is 5.78 Å². The topological polar surface area (TPSA) is 105 Å². The zero-order valence-corrected chi connectivity index (χ0v) is 21.2. The van der Waals surface area contributed by atoms with Crippen LogP contribution in [0.25, 0.3) is 0 Å². The minimum Gasteiger partial charge on any atom is -0.462 e. The number of allylic oxidation sites excluding steroid dienone is 1. The van der Waals surface area contributed by atoms with Crippen molar-refractivity contribution in [3.63, 3.8) is 0 Å². The van der Waals surface area contributed by atoms with Gasteiger partial charge in [-0.3, -0.25) is 4.79 Å². The molecule has 0 amide bonds. The first-order chi connectivity index (χ1) is 17.7. The van der Waals surface area contributed by atoms with Gasteiger partial charge in [0, 0.05) is 18.4 Å². The molecule has 0 bridgehead atoms. The Morgan fingerprint density at radius 1 is 0.622 bits per heavy atom. The number of ketones is 1. The van der Waals surface area contributed by atoms with Crippen molar-refractivity contribution in [2.75, 3.05) is 19.8 Å². The van der Waals surface area contributed by atoms with Gasteiger partial charge in [0.25, 0.3) is 0 Å². The number of hydrogen-bond acceptors (Lipinski definition) is 8. The number of carbonyl (C=O) groups is 4. The van der Waals surface area contributed by atoms with Crippen molar-refractivity contribution < 1.29 is 38.1 Å². The summed E-state index contributed by atoms with van der Waals surface area (Å²) in [5.74, 6) is -0.390. The lowest BCUT2D eigenvalue weighted by atomic mass is 10.1. The maximum Gasteiger partial charge on any atom is 0.338 e. The van der Waals surface area contributed by atoms with Gasteiger partial charge in [0.1, 0.15) is 11.5 Å². The Morgan fingerprint density at radius 2 is 1.08 bits per heavy atom. The van der Waals surface area contributed by atoms with Crippen molar-refractivity contribution in [3.05, 3.63) is 84.0 Å². The second-order valence-electron chi connectivity index (χ2n) is 8.35. The minimum absolute atomic E-state index is 0.0206. The SMILES string of the molecule is C=C(C)C(=O)CCCCOC(=O)c1ccc(Oc2ccc(C(=O)OCCCOC(=O)C(=C)C)cc2)cc1. The molecule has 196 valence electrons. The van der Waals surface area contributed by atoms with Crippen LogP contribution in [0.15, 0.2) is 72.8 Å². The van der Waals surface area contributed by atoms with Crippen LogP contribution < -0.4 is 4.74 Å². The molecule has 37 heavy (non-hydrogen) atoms. The van der Waals surface area contributed by atoms with E-state index in [1.54, 1.807) is 62.4 Å². The van der Waals surface area contributed by atoms with Crippen LogP contribution in [0.4, 0.5) is 0 Å². The lowest BCUT2D eigenvalue weighted by molar-refractivity contribution is -0.139. The number of carbonyl (C=O) groups excluding carboxylic acids is 4. The van der Waals surface area contributed by atoms with Crippen LogP contribution >= 0.6 is 0 Å². The molecule has 8 heteroatoms. The predicted octanol–water partition coefficient (Wildman–Crippen LogP) is 5.62. The van der Waals surface area contributed by atoms with Gasteiger partial charge in [0.2, 0.25) is 0 Å². The van der Waals surface area contributed by atoms with E-state index in [9.17, 15) is 19.2 Å². The highest BCUT2D eigenvalue weighted by Crippen LogP contribution is 2.22. The average molecular weight is 509 g/mol. The molecule has 0 saturated heterocycles. The lowest BCUT2D eigenvalue weighted by Crippen LogP contribution is -2.11. The van der Waals surface area contributed by atoms with E-state index < -0.39 is 17.9 Å². The van der Waals surface area contributed by atoms with Crippen LogP contribution in [-0.2, 0) is 23.8 Å². The monoisotopic (exact) mass is 508 g/mol. The van der Waals surface area contributed by atoms with Crippen molar-refractivity contribution >= 4 is 23.7 Å². The van der Waals surface area contributed by atoms with Gasteiger partial charge >= 0.3 is 17.9 Å². The van der Waals surface area contributed by atoms with E-state index in [1.165, 1.54) is 0 Å². The summed E-state index contributed by atoms with van der Waals surface area (Å²) in [4.78, 5) is 47.1. The Morgan fingerprint density at radius 3 is 1.54 bits per heavy atom. The van der Waals surface area contributed by atoms with E-state index >= 15 is 0 Å². The highest BCUT2D eigenvalue weighted by atomic mass is 16.5. The molecular weight excluding hydrogens is 476 g/mol. The van der Waals surface area contributed by atoms with Gasteiger partial charge < -0.3 is 18.9 Å². The zero-order valence-electron chi connectivity index (χ0n) is 21.2. The Hall–Kier alpha value is -4.20. The number of benzene rings is 2. The highest BCUT2D eigenvalue weighted by Gasteiger charge is 2.10. The van der Waals surface area contributed by atoms with Crippen LogP contribution in [0.1, 0.15) is 60.2 Å². The lowest BCUT2D eigenvalue weighted by Gasteiger charge is -2.09. The summed E-state index contributed by atoms with van der Waals surface area (Å²) < 4.78 is 21.1. The van der Waals surface area contributed by atoms with Crippen molar-refractivity contribution in [2.45, 2.75) is 39.5 Å². The van der Waals surface area contributed by atoms with Crippen LogP contribution in [0, 0.1) is 0 Å². The van der Waals surface area contributed by atoms with Gasteiger partial charge in [-0.05, 0) is 80.8 Å². The average Bonchev–Trinajstić information content (AvgIpc) is 2.88. The van der Waals surface area contributed by atoms with Gasteiger partial charge in [-0.1, -0.05) is 13.2 Å². The second-order valence-corrected chi connectivity index (χ2v) is 8.35. The molecule has 2 aromatic carbocycles. The minimum atomic E-state index is -0.497. The number of rotatable bonds is 15. The van der Waals surface area contributed by atoms with Crippen molar-refractivity contribution in [1.29, 1.82) is 0 Å². The summed E-state index contributed by atoms with van der Waals surface area (Å²) in [5.41, 5.74) is 1.59. The van der Waals surface area contributed by atoms with Crippen molar-refractivity contribution in [1.82, 2.24) is 0 Å². The van der Waals surface area contributed by atoms with E-state index in [1.807, 2.05) is 0 Å². The Kier molecular flexibility index (Phi) is 11.8. The Balaban J connectivity index is 1.73. The molecule has 0 aromatic heterocycles. The molecule has 0 saturated carbocycles. The molecule has 2 rings (SSSR count). The molecule has 8 nitrogen and oxygen atoms in total. The molecule has 0 N–H and O–H groups in total. The fraction of sp³-hybridized carbons (Fsp3) is 0.310. The number of unbranched alkanes of at least 4 members (excludes halogenated alkanes) is 1. The van der Waals surface area contributed by atoms with Crippen LogP contribution in [0.5, 0.6) is 11.5 Å². The van der Waals surface area contributed by atoms with Crippen LogP contribution in [0.3, 0.4) is 0 Å². The standard InChI is InChI=1S/C29H32O8/c1-20(2)26(30)8-5-6-17-35-28(32)22-9-13-24(14-10-22)37-25-15-11-23(12-16-25)29(33)36-19-7-18-34-27(31)21(3)4/h9-16H,1,3,5-8,17-19H2,2,4H3. The predicted molar refractivity (Wildman–Crippen MR) is 138 cm³/mol. The molecular formula is C29H32O8. The first-order valence-corrected chi connectivity index (χ1v) is 11.9. The fourth-order valence-electron chi connectivity index (χ4n) is 2.90. The third kappa shape index (κ3) is 10.5. The van der Waals surface area contributed by atoms with E-state index in [-0.39, 0.29) is 25.6 Å². The number of Topliss-reactive ketones (excluding diaryl/α,β-unsaturated/α-hetero) is 1. The van der Waals surface area contributed by atoms with Gasteiger partial charge in [-0.2, -0.15) is 0 Å². The quantitative estimate of drug-likeness (QED) is 0.132. The second kappa shape index (κ2) is 15.0. The van der Waals surface area contributed by atoms with E-state index in [4.69, 9.17) is 18.9 Å². The first-order valence-electron chi connectivity index (χ1n) is 11.9. The third-order valence-corrected chi connectivity index (χ3v) is 5.03. The molecule has 0 aliphatic heterocycles. The first kappa shape index (κ1) is 29.0. The molecule has 0 unspecified atom stereocenters. The van der Waals surface area contributed by atoms with Gasteiger partial charge in [-0.15, -0.1) is 0 Å². The molecule has 0 aliphatic carbocycles. The third-order valence-electron chi connectivity index (χ3n) is 5.03. The van der Waals surface area contributed by atoms with E-state index in [0.29, 0.717) is 59.5 Å². The molecule has 0 fully saturated rings. The molecule has 0 aliphatic rings. The normalized spacial score (nSPS) is 10.2. The van der Waals surface area contributed by atoms with Crippen molar-refractivity contribution in [3.8, 4) is 11.5 Å². The summed E-state index contributed by atoms with van der Waals surface area (Å²) in [6, 6.07) is 12.9. The van der Waals surface area contributed by atoms with Crippen LogP contribution in [0.2, 0.25) is 0 Å². The van der Waals surface area contributed by atoms with E-state index in [2.05, 4.69) is 13.2 Å². The Labute approximate surface area is 216 Å². The summed E-state index contributed by atoms with van der Waals surface area (Å²) in [6.07, 6.45) is 2.01. The molecule has 0 spiro atoms. The summed E-state index contributed by atoms with van der Waals surface area (Å²) in [7, 11) is 0. The summed E-state index contributed by atoms with van der Waals surface area (Å²) >= 11 is 0. The van der Waals surface area contributed by atoms with Crippen molar-refractivity contribution in [2.24, 2.45) is 0 Å². The molecule has 2 aromatic rings. The molecule has 0 heterocycles. The number of ether oxygens (including phenoxy) is 4. The number of hydrogen-bond donors (Lipinski definition) is 0. The van der Waals surface area contributed by atoms with Gasteiger partial charge in [-0.25, -0.2) is 14.4 Å². The van der Waals surface area contributed by atoms with Gasteiger partial charge in [0.05, 0.1) is 30.9 Å². The maximum atomic E-state index is 12.2. The van der Waals surface area contributed by atoms with E-state index in [0.717, 1.165) is 0 Å². The number of esters is 3. The summed E-state index contributed by atoms with van der Waals surface area (Å²) in [5, 5.41) is 0. The molecule has 0 atom stereocenters. The summed E-state index contributed by atoms with van der Waals surface area (Å²) in [6.45, 7) is 10.8.